The van der Waals surface area contributed by atoms with Crippen molar-refractivity contribution < 1.29 is 14.3 Å². The fourth-order valence-corrected chi connectivity index (χ4v) is 3.29. The lowest BCUT2D eigenvalue weighted by Crippen LogP contribution is -2.51. The number of benzene rings is 3. The number of hydrogen-bond acceptors (Lipinski definition) is 4. The summed E-state index contributed by atoms with van der Waals surface area (Å²) < 4.78 is 5.53. The molecule has 9 heteroatoms. The molecule has 1 atom stereocenters. The number of thiocarbonyl (C=S) groups is 1. The molecule has 0 bridgehead atoms. The molecule has 0 fully saturated rings. The van der Waals surface area contributed by atoms with Gasteiger partial charge in [-0.25, -0.2) is 0 Å². The van der Waals surface area contributed by atoms with E-state index in [1.807, 2.05) is 42.5 Å². The van der Waals surface area contributed by atoms with Gasteiger partial charge in [0.1, 0.15) is 5.75 Å². The van der Waals surface area contributed by atoms with Gasteiger partial charge in [0.2, 0.25) is 0 Å². The van der Waals surface area contributed by atoms with Gasteiger partial charge in [-0.1, -0.05) is 65.7 Å². The SMILES string of the molecule is CC(Oc1ccc(Cl)cc1Cl)C(=O)NC(=S)NNC(=O)c1ccc(-c2ccccc2)cc1. The Balaban J connectivity index is 1.48. The molecular formula is C23H19Cl2N3O3S. The fourth-order valence-electron chi connectivity index (χ4n) is 2.69. The lowest BCUT2D eigenvalue weighted by atomic mass is 10.0. The topological polar surface area (TPSA) is 79.5 Å². The molecule has 0 saturated heterocycles. The van der Waals surface area contributed by atoms with Crippen LogP contribution in [0.5, 0.6) is 5.75 Å². The summed E-state index contributed by atoms with van der Waals surface area (Å²) >= 11 is 16.9. The number of halogens is 2. The van der Waals surface area contributed by atoms with Crippen LogP contribution in [0.1, 0.15) is 17.3 Å². The summed E-state index contributed by atoms with van der Waals surface area (Å²) in [6, 6.07) is 21.6. The van der Waals surface area contributed by atoms with E-state index in [9.17, 15) is 9.59 Å². The monoisotopic (exact) mass is 487 g/mol. The molecule has 0 saturated carbocycles. The van der Waals surface area contributed by atoms with Crippen LogP contribution in [0.4, 0.5) is 0 Å². The molecule has 0 aliphatic carbocycles. The molecule has 0 aliphatic heterocycles. The summed E-state index contributed by atoms with van der Waals surface area (Å²) in [7, 11) is 0. The van der Waals surface area contributed by atoms with E-state index in [0.29, 0.717) is 16.3 Å². The Hall–Kier alpha value is -3.13. The Morgan fingerprint density at radius 2 is 1.56 bits per heavy atom. The van der Waals surface area contributed by atoms with E-state index in [1.165, 1.54) is 13.0 Å². The van der Waals surface area contributed by atoms with E-state index in [2.05, 4.69) is 16.2 Å². The molecule has 0 aromatic heterocycles. The number of hydrazine groups is 1. The highest BCUT2D eigenvalue weighted by molar-refractivity contribution is 7.80. The standard InChI is InChI=1S/C23H19Cl2N3O3S/c1-14(31-20-12-11-18(24)13-19(20)25)21(29)26-23(32)28-27-22(30)17-9-7-16(8-10-17)15-5-3-2-4-6-15/h2-14H,1H3,(H,27,30)(H2,26,28,29,32). The maximum absolute atomic E-state index is 12.3. The van der Waals surface area contributed by atoms with Crippen molar-refractivity contribution in [3.63, 3.8) is 0 Å². The molecule has 1 unspecified atom stereocenters. The molecule has 3 aromatic rings. The molecule has 3 N–H and O–H groups in total. The second kappa shape index (κ2) is 10.9. The van der Waals surface area contributed by atoms with Crippen LogP contribution < -0.4 is 20.9 Å². The highest BCUT2D eigenvalue weighted by atomic mass is 35.5. The maximum atomic E-state index is 12.3. The van der Waals surface area contributed by atoms with Crippen LogP contribution in [0.25, 0.3) is 11.1 Å². The largest absolute Gasteiger partial charge is 0.479 e. The van der Waals surface area contributed by atoms with Gasteiger partial charge in [-0.2, -0.15) is 0 Å². The zero-order valence-electron chi connectivity index (χ0n) is 16.9. The summed E-state index contributed by atoms with van der Waals surface area (Å²) in [5.74, 6) is -0.613. The predicted molar refractivity (Wildman–Crippen MR) is 130 cm³/mol. The average molecular weight is 488 g/mol. The maximum Gasteiger partial charge on any atom is 0.269 e. The van der Waals surface area contributed by atoms with E-state index in [0.717, 1.165) is 11.1 Å². The molecule has 0 heterocycles. The van der Waals surface area contributed by atoms with Crippen LogP contribution in [0, 0.1) is 0 Å². The van der Waals surface area contributed by atoms with E-state index in [1.54, 1.807) is 24.3 Å². The third-order valence-corrected chi connectivity index (χ3v) is 5.08. The summed E-state index contributed by atoms with van der Waals surface area (Å²) in [5, 5.41) is 3.09. The molecule has 164 valence electrons. The Morgan fingerprint density at radius 3 is 2.22 bits per heavy atom. The van der Waals surface area contributed by atoms with Crippen LogP contribution in [-0.2, 0) is 4.79 Å². The number of rotatable bonds is 5. The van der Waals surface area contributed by atoms with Crippen LogP contribution in [0.3, 0.4) is 0 Å². The second-order valence-electron chi connectivity index (χ2n) is 6.68. The van der Waals surface area contributed by atoms with Crippen molar-refractivity contribution in [2.75, 3.05) is 0 Å². The summed E-state index contributed by atoms with van der Waals surface area (Å²) in [6.45, 7) is 1.54. The number of carbonyl (C=O) groups is 2. The van der Waals surface area contributed by atoms with Gasteiger partial charge in [-0.05, 0) is 60.6 Å². The third-order valence-electron chi connectivity index (χ3n) is 4.35. The van der Waals surface area contributed by atoms with Crippen molar-refractivity contribution in [3.05, 3.63) is 88.4 Å². The smallest absolute Gasteiger partial charge is 0.269 e. The lowest BCUT2D eigenvalue weighted by molar-refractivity contribution is -0.125. The fraction of sp³-hybridized carbons (Fsp3) is 0.0870. The minimum atomic E-state index is -0.894. The van der Waals surface area contributed by atoms with Crippen molar-refractivity contribution in [3.8, 4) is 16.9 Å². The highest BCUT2D eigenvalue weighted by Gasteiger charge is 2.18. The zero-order chi connectivity index (χ0) is 23.1. The molecule has 0 aliphatic rings. The molecule has 0 radical (unpaired) electrons. The van der Waals surface area contributed by atoms with E-state index >= 15 is 0 Å². The first-order valence-electron chi connectivity index (χ1n) is 9.52. The van der Waals surface area contributed by atoms with E-state index in [4.69, 9.17) is 40.2 Å². The van der Waals surface area contributed by atoms with Gasteiger partial charge in [0, 0.05) is 10.6 Å². The number of nitrogens with one attached hydrogen (secondary N) is 3. The summed E-state index contributed by atoms with van der Waals surface area (Å²) in [6.07, 6.45) is -0.894. The molecule has 6 nitrogen and oxygen atoms in total. The van der Waals surface area contributed by atoms with Crippen LogP contribution in [0.15, 0.2) is 72.8 Å². The van der Waals surface area contributed by atoms with E-state index in [-0.39, 0.29) is 10.1 Å². The number of amides is 2. The van der Waals surface area contributed by atoms with Gasteiger partial charge in [-0.3, -0.25) is 25.8 Å². The van der Waals surface area contributed by atoms with Gasteiger partial charge in [-0.15, -0.1) is 0 Å². The molecule has 32 heavy (non-hydrogen) atoms. The third kappa shape index (κ3) is 6.43. The molecule has 3 aromatic carbocycles. The van der Waals surface area contributed by atoms with E-state index < -0.39 is 17.9 Å². The molecular weight excluding hydrogens is 469 g/mol. The van der Waals surface area contributed by atoms with Crippen LogP contribution in [0.2, 0.25) is 10.0 Å². The first-order valence-corrected chi connectivity index (χ1v) is 10.7. The minimum absolute atomic E-state index is 0.0816. The first-order chi connectivity index (χ1) is 15.3. The van der Waals surface area contributed by atoms with Crippen LogP contribution >= 0.6 is 35.4 Å². The van der Waals surface area contributed by atoms with Gasteiger partial charge < -0.3 is 4.74 Å². The zero-order valence-corrected chi connectivity index (χ0v) is 19.2. The average Bonchev–Trinajstić information content (AvgIpc) is 2.80. The van der Waals surface area contributed by atoms with Crippen molar-refractivity contribution >= 4 is 52.3 Å². The molecule has 3 rings (SSSR count). The van der Waals surface area contributed by atoms with Gasteiger partial charge in [0.05, 0.1) is 5.02 Å². The van der Waals surface area contributed by atoms with Crippen molar-refractivity contribution in [1.29, 1.82) is 0 Å². The highest BCUT2D eigenvalue weighted by Crippen LogP contribution is 2.28. The number of ether oxygens (including phenoxy) is 1. The number of hydrogen-bond donors (Lipinski definition) is 3. The first kappa shape index (κ1) is 23.5. The van der Waals surface area contributed by atoms with Crippen molar-refractivity contribution in [2.24, 2.45) is 0 Å². The number of carbonyl (C=O) groups excluding carboxylic acids is 2. The Morgan fingerprint density at radius 1 is 0.906 bits per heavy atom. The van der Waals surface area contributed by atoms with Gasteiger partial charge in [0.25, 0.3) is 11.8 Å². The molecule has 2 amide bonds. The van der Waals surface area contributed by atoms with Crippen molar-refractivity contribution in [1.82, 2.24) is 16.2 Å². The van der Waals surface area contributed by atoms with Crippen molar-refractivity contribution in [2.45, 2.75) is 13.0 Å². The quantitative estimate of drug-likeness (QED) is 0.357. The lowest BCUT2D eigenvalue weighted by Gasteiger charge is -2.17. The Kier molecular flexibility index (Phi) is 8.05. The minimum Gasteiger partial charge on any atom is -0.479 e. The normalized spacial score (nSPS) is 11.2. The summed E-state index contributed by atoms with van der Waals surface area (Å²) in [5.41, 5.74) is 7.42. The Bertz CT molecular complexity index is 1130. The second-order valence-corrected chi connectivity index (χ2v) is 7.93. The summed E-state index contributed by atoms with van der Waals surface area (Å²) in [4.78, 5) is 24.6. The van der Waals surface area contributed by atoms with Gasteiger partial charge >= 0.3 is 0 Å². The van der Waals surface area contributed by atoms with Gasteiger partial charge in [0.15, 0.2) is 11.2 Å². The van der Waals surface area contributed by atoms with Crippen LogP contribution in [-0.4, -0.2) is 23.0 Å². The molecule has 0 spiro atoms. The Labute approximate surface area is 200 Å². The predicted octanol–water partition coefficient (Wildman–Crippen LogP) is 4.76.